The lowest BCUT2D eigenvalue weighted by molar-refractivity contribution is 0.752. The topological polar surface area (TPSA) is 12.0 Å². The lowest BCUT2D eigenvalue weighted by Crippen LogP contribution is -2.25. The van der Waals surface area contributed by atoms with Crippen LogP contribution in [0.15, 0.2) is 12.7 Å². The Labute approximate surface area is 54.1 Å². The molecule has 0 aromatic carbocycles. The summed E-state index contributed by atoms with van der Waals surface area (Å²) in [7, 11) is -0.00424. The summed E-state index contributed by atoms with van der Waals surface area (Å²) in [5.74, 6) is 0. The minimum Gasteiger partial charge on any atom is -0.340 e. The van der Waals surface area contributed by atoms with Crippen LogP contribution in [-0.2, 0) is 0 Å². The van der Waals surface area contributed by atoms with Gasteiger partial charge in [-0.1, -0.05) is 19.9 Å². The predicted molar refractivity (Wildman–Crippen MR) is 41.8 cm³/mol. The van der Waals surface area contributed by atoms with E-state index in [9.17, 15) is 0 Å². The third kappa shape index (κ3) is 5.92. The maximum Gasteiger partial charge on any atom is 0.0956 e. The first-order valence-electron chi connectivity index (χ1n) is 3.11. The molecule has 1 N–H and O–H groups in total. The molecule has 0 aliphatic rings. The Morgan fingerprint density at radius 2 is 2.38 bits per heavy atom. The van der Waals surface area contributed by atoms with Crippen molar-refractivity contribution in [3.63, 3.8) is 0 Å². The van der Waals surface area contributed by atoms with Crippen LogP contribution in [-0.4, -0.2) is 15.7 Å². The molecule has 48 valence electrons. The molecule has 0 amide bonds. The quantitative estimate of drug-likeness (QED) is 0.334. The molecule has 0 aliphatic heterocycles. The lowest BCUT2D eigenvalue weighted by atomic mass is 10.4. The van der Waals surface area contributed by atoms with Crippen molar-refractivity contribution in [2.24, 2.45) is 0 Å². The first kappa shape index (κ1) is 7.92. The summed E-state index contributed by atoms with van der Waals surface area (Å²) in [5, 5.41) is 0. The molecule has 2 heteroatoms. The maximum atomic E-state index is 3.65. The molecule has 0 bridgehead atoms. The Kier molecular flexibility index (Phi) is 5.01. The highest BCUT2D eigenvalue weighted by atomic mass is 28.2. The average molecular weight is 129 g/mol. The summed E-state index contributed by atoms with van der Waals surface area (Å²) in [5.41, 5.74) is 0. The molecule has 0 saturated heterocycles. The minimum absolute atomic E-state index is 0.00424. The molecule has 0 saturated carbocycles. The molecular formula is C6H15NSi. The van der Waals surface area contributed by atoms with Gasteiger partial charge in [0.25, 0.3) is 0 Å². The van der Waals surface area contributed by atoms with Gasteiger partial charge in [0, 0.05) is 0 Å². The Bertz CT molecular complexity index is 61.5. The molecule has 0 heterocycles. The van der Waals surface area contributed by atoms with Crippen LogP contribution in [0.25, 0.3) is 0 Å². The van der Waals surface area contributed by atoms with Crippen LogP contribution in [0.5, 0.6) is 0 Å². The van der Waals surface area contributed by atoms with Crippen LogP contribution < -0.4 is 4.98 Å². The van der Waals surface area contributed by atoms with Crippen LogP contribution in [0.2, 0.25) is 6.04 Å². The van der Waals surface area contributed by atoms with E-state index in [4.69, 9.17) is 0 Å². The fourth-order valence-corrected chi connectivity index (χ4v) is 1.42. The standard InChI is InChI=1S/C6H15NSi/c1-4-5-8-7-6(2)3/h4,6-7H,1,5,8H2,2-3H3. The Balaban J connectivity index is 2.81. The zero-order chi connectivity index (χ0) is 6.41. The largest absolute Gasteiger partial charge is 0.340 e. The van der Waals surface area contributed by atoms with Gasteiger partial charge in [0.1, 0.15) is 0 Å². The van der Waals surface area contributed by atoms with Crippen molar-refractivity contribution in [3.05, 3.63) is 12.7 Å². The van der Waals surface area contributed by atoms with Gasteiger partial charge in [-0.3, -0.25) is 0 Å². The van der Waals surface area contributed by atoms with E-state index in [1.54, 1.807) is 0 Å². The van der Waals surface area contributed by atoms with Crippen molar-refractivity contribution in [1.29, 1.82) is 0 Å². The summed E-state index contributed by atoms with van der Waals surface area (Å²) >= 11 is 0. The van der Waals surface area contributed by atoms with E-state index < -0.39 is 0 Å². The van der Waals surface area contributed by atoms with Crippen molar-refractivity contribution in [1.82, 2.24) is 4.98 Å². The van der Waals surface area contributed by atoms with E-state index in [0.29, 0.717) is 6.04 Å². The second-order valence-corrected chi connectivity index (χ2v) is 3.67. The SMILES string of the molecule is C=CC[SiH2]NC(C)C. The van der Waals surface area contributed by atoms with Crippen molar-refractivity contribution < 1.29 is 0 Å². The third-order valence-corrected chi connectivity index (χ3v) is 2.70. The molecule has 8 heavy (non-hydrogen) atoms. The van der Waals surface area contributed by atoms with E-state index in [2.05, 4.69) is 25.4 Å². The highest BCUT2D eigenvalue weighted by Crippen LogP contribution is 1.77. The van der Waals surface area contributed by atoms with Crippen LogP contribution in [0.1, 0.15) is 13.8 Å². The molecule has 0 aromatic rings. The molecule has 0 aromatic heterocycles. The van der Waals surface area contributed by atoms with E-state index in [-0.39, 0.29) is 9.68 Å². The molecule has 0 unspecified atom stereocenters. The highest BCUT2D eigenvalue weighted by molar-refractivity contribution is 6.32. The van der Waals surface area contributed by atoms with Gasteiger partial charge in [-0.2, -0.15) is 0 Å². The van der Waals surface area contributed by atoms with Gasteiger partial charge in [0.2, 0.25) is 0 Å². The van der Waals surface area contributed by atoms with Crippen molar-refractivity contribution in [2.75, 3.05) is 0 Å². The molecule has 0 fully saturated rings. The van der Waals surface area contributed by atoms with Crippen LogP contribution in [0.3, 0.4) is 0 Å². The smallest absolute Gasteiger partial charge is 0.0956 e. The average Bonchev–Trinajstić information content (AvgIpc) is 1.66. The van der Waals surface area contributed by atoms with Gasteiger partial charge in [-0.15, -0.1) is 6.58 Å². The van der Waals surface area contributed by atoms with Gasteiger partial charge in [0.15, 0.2) is 0 Å². The van der Waals surface area contributed by atoms with Crippen molar-refractivity contribution in [2.45, 2.75) is 25.9 Å². The molecule has 0 rings (SSSR count). The highest BCUT2D eigenvalue weighted by Gasteiger charge is 1.87. The summed E-state index contributed by atoms with van der Waals surface area (Å²) in [6.45, 7) is 8.01. The van der Waals surface area contributed by atoms with Gasteiger partial charge in [0.05, 0.1) is 9.68 Å². The van der Waals surface area contributed by atoms with Crippen LogP contribution >= 0.6 is 0 Å². The van der Waals surface area contributed by atoms with Gasteiger partial charge >= 0.3 is 0 Å². The zero-order valence-electron chi connectivity index (χ0n) is 5.78. The first-order valence-corrected chi connectivity index (χ1v) is 4.82. The Hall–Kier alpha value is -0.0831. The molecule has 0 spiro atoms. The number of hydrogen-bond donors (Lipinski definition) is 1. The Morgan fingerprint density at radius 1 is 1.75 bits per heavy atom. The second-order valence-electron chi connectivity index (χ2n) is 2.19. The Morgan fingerprint density at radius 3 is 2.75 bits per heavy atom. The van der Waals surface area contributed by atoms with Crippen molar-refractivity contribution >= 4 is 9.68 Å². The number of hydrogen-bond acceptors (Lipinski definition) is 1. The van der Waals surface area contributed by atoms with E-state index in [1.807, 2.05) is 6.08 Å². The summed E-state index contributed by atoms with van der Waals surface area (Å²) in [4.78, 5) is 3.41. The monoisotopic (exact) mass is 129 g/mol. The minimum atomic E-state index is -0.00424. The second kappa shape index (κ2) is 5.06. The number of allylic oxidation sites excluding steroid dienone is 1. The summed E-state index contributed by atoms with van der Waals surface area (Å²) in [6, 6.07) is 1.87. The molecule has 1 nitrogen and oxygen atoms in total. The molecule has 0 aliphatic carbocycles. The number of nitrogens with one attached hydrogen (secondary N) is 1. The van der Waals surface area contributed by atoms with Gasteiger partial charge in [-0.25, -0.2) is 0 Å². The summed E-state index contributed by atoms with van der Waals surface area (Å²) in [6.07, 6.45) is 1.99. The molecule has 0 atom stereocenters. The van der Waals surface area contributed by atoms with Gasteiger partial charge in [-0.05, 0) is 12.1 Å². The first-order chi connectivity index (χ1) is 3.77. The number of rotatable bonds is 4. The van der Waals surface area contributed by atoms with E-state index >= 15 is 0 Å². The zero-order valence-corrected chi connectivity index (χ0v) is 7.19. The van der Waals surface area contributed by atoms with Crippen LogP contribution in [0.4, 0.5) is 0 Å². The maximum absolute atomic E-state index is 3.65. The normalized spacial score (nSPS) is 11.4. The lowest BCUT2D eigenvalue weighted by Gasteiger charge is -2.03. The fraction of sp³-hybridized carbons (Fsp3) is 0.667. The third-order valence-electron chi connectivity index (χ3n) is 0.901. The predicted octanol–water partition coefficient (Wildman–Crippen LogP) is 0.672. The van der Waals surface area contributed by atoms with E-state index in [1.165, 1.54) is 6.04 Å². The van der Waals surface area contributed by atoms with Crippen molar-refractivity contribution in [3.8, 4) is 0 Å². The van der Waals surface area contributed by atoms with E-state index in [0.717, 1.165) is 0 Å². The molecular weight excluding hydrogens is 114 g/mol. The summed E-state index contributed by atoms with van der Waals surface area (Å²) < 4.78 is 0. The molecule has 0 radical (unpaired) electrons. The van der Waals surface area contributed by atoms with Crippen LogP contribution in [0, 0.1) is 0 Å². The fourth-order valence-electron chi connectivity index (χ4n) is 0.474. The van der Waals surface area contributed by atoms with Gasteiger partial charge < -0.3 is 4.98 Å².